The Morgan fingerprint density at radius 2 is 2.05 bits per heavy atom. The van der Waals surface area contributed by atoms with E-state index in [1.165, 1.54) is 12.1 Å². The molecule has 0 saturated heterocycles. The van der Waals surface area contributed by atoms with Crippen LogP contribution in [0, 0.1) is 5.92 Å². The Bertz CT molecular complexity index is 473. The van der Waals surface area contributed by atoms with Gasteiger partial charge in [0, 0.05) is 5.69 Å². The molecule has 6 heteroatoms. The summed E-state index contributed by atoms with van der Waals surface area (Å²) < 4.78 is 37.5. The fourth-order valence-electron chi connectivity index (χ4n) is 2.25. The quantitative estimate of drug-likeness (QED) is 0.870. The highest BCUT2D eigenvalue weighted by molar-refractivity contribution is 5.93. The molecule has 2 unspecified atom stereocenters. The van der Waals surface area contributed by atoms with Crippen molar-refractivity contribution in [2.24, 2.45) is 5.92 Å². The summed E-state index contributed by atoms with van der Waals surface area (Å²) in [6.45, 7) is 0. The Labute approximate surface area is 108 Å². The molecule has 2 rings (SSSR count). The number of rotatable bonds is 2. The lowest BCUT2D eigenvalue weighted by Gasteiger charge is -2.15. The molecular formula is C13H14F3NO2. The Hall–Kier alpha value is -1.56. The highest BCUT2D eigenvalue weighted by Gasteiger charge is 2.33. The highest BCUT2D eigenvalue weighted by atomic mass is 19.4. The van der Waals surface area contributed by atoms with Gasteiger partial charge < -0.3 is 10.4 Å². The third-order valence-corrected chi connectivity index (χ3v) is 3.27. The van der Waals surface area contributed by atoms with Crippen molar-refractivity contribution in [2.45, 2.75) is 31.5 Å². The second-order valence-corrected chi connectivity index (χ2v) is 4.67. The van der Waals surface area contributed by atoms with Crippen LogP contribution in [-0.4, -0.2) is 17.1 Å². The van der Waals surface area contributed by atoms with Crippen molar-refractivity contribution in [3.05, 3.63) is 29.8 Å². The largest absolute Gasteiger partial charge is 0.416 e. The predicted molar refractivity (Wildman–Crippen MR) is 63.4 cm³/mol. The molecule has 3 nitrogen and oxygen atoms in total. The zero-order chi connectivity index (χ0) is 14.0. The van der Waals surface area contributed by atoms with Crippen molar-refractivity contribution in [1.29, 1.82) is 0 Å². The topological polar surface area (TPSA) is 49.3 Å². The van der Waals surface area contributed by atoms with Crippen LogP contribution in [0.15, 0.2) is 24.3 Å². The first-order valence-electron chi connectivity index (χ1n) is 6.04. The molecule has 2 atom stereocenters. The molecule has 0 heterocycles. The van der Waals surface area contributed by atoms with Gasteiger partial charge >= 0.3 is 6.18 Å². The molecule has 1 fully saturated rings. The van der Waals surface area contributed by atoms with E-state index in [0.29, 0.717) is 12.8 Å². The summed E-state index contributed by atoms with van der Waals surface area (Å²) in [6, 6.07) is 4.47. The van der Waals surface area contributed by atoms with E-state index in [1.54, 1.807) is 0 Å². The van der Waals surface area contributed by atoms with Crippen molar-refractivity contribution >= 4 is 11.6 Å². The number of hydrogen-bond donors (Lipinski definition) is 2. The maximum absolute atomic E-state index is 12.5. The van der Waals surface area contributed by atoms with E-state index in [0.717, 1.165) is 18.6 Å². The minimum Gasteiger partial charge on any atom is -0.392 e. The maximum atomic E-state index is 12.5. The Kier molecular flexibility index (Phi) is 3.80. The molecule has 2 N–H and O–H groups in total. The van der Waals surface area contributed by atoms with Gasteiger partial charge in [-0.2, -0.15) is 13.2 Å². The number of aliphatic hydroxyl groups is 1. The third-order valence-electron chi connectivity index (χ3n) is 3.27. The lowest BCUT2D eigenvalue weighted by atomic mass is 10.0. The monoisotopic (exact) mass is 273 g/mol. The molecule has 0 aliphatic heterocycles. The average Bonchev–Trinajstić information content (AvgIpc) is 2.75. The maximum Gasteiger partial charge on any atom is 0.416 e. The molecule has 19 heavy (non-hydrogen) atoms. The van der Waals surface area contributed by atoms with Crippen molar-refractivity contribution in [3.8, 4) is 0 Å². The molecule has 104 valence electrons. The second-order valence-electron chi connectivity index (χ2n) is 4.67. The van der Waals surface area contributed by atoms with Crippen LogP contribution in [0.1, 0.15) is 24.8 Å². The van der Waals surface area contributed by atoms with Gasteiger partial charge in [-0.25, -0.2) is 0 Å². The van der Waals surface area contributed by atoms with E-state index in [2.05, 4.69) is 5.32 Å². The summed E-state index contributed by atoms with van der Waals surface area (Å²) in [5, 5.41) is 12.0. The summed E-state index contributed by atoms with van der Waals surface area (Å²) in [7, 11) is 0. The van der Waals surface area contributed by atoms with E-state index >= 15 is 0 Å². The van der Waals surface area contributed by atoms with Gasteiger partial charge in [0.25, 0.3) is 0 Å². The average molecular weight is 273 g/mol. The summed E-state index contributed by atoms with van der Waals surface area (Å²) in [4.78, 5) is 11.8. The van der Waals surface area contributed by atoms with Gasteiger partial charge in [-0.15, -0.1) is 0 Å². The molecule has 1 aliphatic rings. The van der Waals surface area contributed by atoms with Gasteiger partial charge in [0.1, 0.15) is 0 Å². The molecule has 1 aliphatic carbocycles. The van der Waals surface area contributed by atoms with Crippen LogP contribution in [0.3, 0.4) is 0 Å². The van der Waals surface area contributed by atoms with E-state index < -0.39 is 29.7 Å². The van der Waals surface area contributed by atoms with Gasteiger partial charge in [0.2, 0.25) is 5.91 Å². The zero-order valence-corrected chi connectivity index (χ0v) is 10.1. The Balaban J connectivity index is 2.09. The predicted octanol–water partition coefficient (Wildman–Crippen LogP) is 2.80. The number of nitrogens with one attached hydrogen (secondary N) is 1. The third kappa shape index (κ3) is 3.26. The molecule has 1 aromatic carbocycles. The van der Waals surface area contributed by atoms with Crippen molar-refractivity contribution in [3.63, 3.8) is 0 Å². The first-order chi connectivity index (χ1) is 8.88. The van der Waals surface area contributed by atoms with Gasteiger partial charge in [0.15, 0.2) is 0 Å². The normalized spacial score (nSPS) is 23.4. The van der Waals surface area contributed by atoms with Gasteiger partial charge in [-0.1, -0.05) is 6.07 Å². The number of amides is 1. The smallest absolute Gasteiger partial charge is 0.392 e. The van der Waals surface area contributed by atoms with Crippen LogP contribution in [0.5, 0.6) is 0 Å². The second kappa shape index (κ2) is 5.21. The fraction of sp³-hybridized carbons (Fsp3) is 0.462. The molecule has 0 spiro atoms. The van der Waals surface area contributed by atoms with Crippen molar-refractivity contribution in [2.75, 3.05) is 5.32 Å². The number of aliphatic hydroxyl groups excluding tert-OH is 1. The van der Waals surface area contributed by atoms with Crippen LogP contribution in [0.2, 0.25) is 0 Å². The molecule has 0 aromatic heterocycles. The summed E-state index contributed by atoms with van der Waals surface area (Å²) in [5.41, 5.74) is -0.712. The number of benzene rings is 1. The standard InChI is InChI=1S/C13H14F3NO2/c14-13(15,16)8-3-1-4-9(7-8)17-12(19)10-5-2-6-11(10)18/h1,3-4,7,10-11,18H,2,5-6H2,(H,17,19). The number of anilines is 1. The Morgan fingerprint density at radius 3 is 2.63 bits per heavy atom. The van der Waals surface area contributed by atoms with Crippen LogP contribution in [0.4, 0.5) is 18.9 Å². The zero-order valence-electron chi connectivity index (χ0n) is 10.1. The minimum absolute atomic E-state index is 0.0962. The number of carbonyl (C=O) groups excluding carboxylic acids is 1. The fourth-order valence-corrected chi connectivity index (χ4v) is 2.25. The Morgan fingerprint density at radius 1 is 1.32 bits per heavy atom. The van der Waals surface area contributed by atoms with Crippen LogP contribution < -0.4 is 5.32 Å². The molecule has 1 amide bonds. The highest BCUT2D eigenvalue weighted by Crippen LogP contribution is 2.31. The van der Waals surface area contributed by atoms with Gasteiger partial charge in [0.05, 0.1) is 17.6 Å². The molecular weight excluding hydrogens is 259 g/mol. The minimum atomic E-state index is -4.44. The SMILES string of the molecule is O=C(Nc1cccc(C(F)(F)F)c1)C1CCCC1O. The van der Waals surface area contributed by atoms with Crippen molar-refractivity contribution in [1.82, 2.24) is 0 Å². The summed E-state index contributed by atoms with van der Waals surface area (Å²) in [5.74, 6) is -0.959. The van der Waals surface area contributed by atoms with E-state index in [-0.39, 0.29) is 5.69 Å². The number of hydrogen-bond acceptors (Lipinski definition) is 2. The summed E-state index contributed by atoms with van der Waals surface area (Å²) >= 11 is 0. The van der Waals surface area contributed by atoms with Crippen molar-refractivity contribution < 1.29 is 23.1 Å². The van der Waals surface area contributed by atoms with Gasteiger partial charge in [-0.3, -0.25) is 4.79 Å². The van der Waals surface area contributed by atoms with Crippen LogP contribution in [0.25, 0.3) is 0 Å². The lowest BCUT2D eigenvalue weighted by Crippen LogP contribution is -2.28. The molecule has 0 bridgehead atoms. The van der Waals surface area contributed by atoms with E-state index in [1.807, 2.05) is 0 Å². The van der Waals surface area contributed by atoms with Gasteiger partial charge in [-0.05, 0) is 37.5 Å². The first-order valence-corrected chi connectivity index (χ1v) is 6.04. The number of halogens is 3. The van der Waals surface area contributed by atoms with E-state index in [9.17, 15) is 23.1 Å². The lowest BCUT2D eigenvalue weighted by molar-refractivity contribution is -0.137. The van der Waals surface area contributed by atoms with E-state index in [4.69, 9.17) is 0 Å². The molecule has 1 aromatic rings. The number of carbonyl (C=O) groups is 1. The van der Waals surface area contributed by atoms with Crippen LogP contribution >= 0.6 is 0 Å². The summed E-state index contributed by atoms with van der Waals surface area (Å²) in [6.07, 6.45) is -3.27. The molecule has 1 saturated carbocycles. The van der Waals surface area contributed by atoms with Crippen LogP contribution in [-0.2, 0) is 11.0 Å². The first kappa shape index (κ1) is 13.9. The molecule has 0 radical (unpaired) electrons. The number of alkyl halides is 3.